The Kier molecular flexibility index (Phi) is 4.14. The Labute approximate surface area is 131 Å². The van der Waals surface area contributed by atoms with Gasteiger partial charge in [0.2, 0.25) is 5.91 Å². The molecule has 0 unspecified atom stereocenters. The molecule has 0 spiro atoms. The van der Waals surface area contributed by atoms with E-state index < -0.39 is 5.82 Å². The van der Waals surface area contributed by atoms with E-state index in [2.05, 4.69) is 10.3 Å². The van der Waals surface area contributed by atoms with Crippen LogP contribution in [0.5, 0.6) is 0 Å². The van der Waals surface area contributed by atoms with Crippen LogP contribution in [0.3, 0.4) is 0 Å². The van der Waals surface area contributed by atoms with Crippen LogP contribution in [0.25, 0.3) is 10.9 Å². The molecule has 2 heterocycles. The van der Waals surface area contributed by atoms with Gasteiger partial charge in [0.05, 0.1) is 5.52 Å². The second kappa shape index (κ2) is 6.39. The summed E-state index contributed by atoms with van der Waals surface area (Å²) in [6, 6.07) is 9.23. The number of pyridine rings is 2. The van der Waals surface area contributed by atoms with Crippen LogP contribution in [0.1, 0.15) is 5.56 Å². The summed E-state index contributed by atoms with van der Waals surface area (Å²) in [5.74, 6) is -0.794. The van der Waals surface area contributed by atoms with Crippen molar-refractivity contribution in [2.75, 3.05) is 0 Å². The first kappa shape index (κ1) is 14.9. The molecule has 0 atom stereocenters. The van der Waals surface area contributed by atoms with E-state index in [1.54, 1.807) is 30.6 Å². The Morgan fingerprint density at radius 1 is 1.17 bits per heavy atom. The number of halogens is 1. The van der Waals surface area contributed by atoms with Gasteiger partial charge in [-0.2, -0.15) is 0 Å². The van der Waals surface area contributed by atoms with Crippen molar-refractivity contribution in [1.29, 1.82) is 0 Å². The molecule has 1 aromatic carbocycles. The molecule has 0 saturated carbocycles. The third-order valence-electron chi connectivity index (χ3n) is 3.50. The molecular weight excluding hydrogens is 297 g/mol. The summed E-state index contributed by atoms with van der Waals surface area (Å²) in [4.78, 5) is 27.8. The highest BCUT2D eigenvalue weighted by Crippen LogP contribution is 2.14. The first-order valence-electron chi connectivity index (χ1n) is 7.08. The smallest absolute Gasteiger partial charge is 0.240 e. The number of nitrogens with one attached hydrogen (secondary N) is 1. The Morgan fingerprint density at radius 2 is 1.96 bits per heavy atom. The van der Waals surface area contributed by atoms with Gasteiger partial charge in [0.1, 0.15) is 12.4 Å². The van der Waals surface area contributed by atoms with Gasteiger partial charge in [-0.15, -0.1) is 0 Å². The Morgan fingerprint density at radius 3 is 2.74 bits per heavy atom. The number of amides is 1. The van der Waals surface area contributed by atoms with E-state index in [0.717, 1.165) is 5.56 Å². The maximum atomic E-state index is 14.0. The highest BCUT2D eigenvalue weighted by Gasteiger charge is 2.10. The summed E-state index contributed by atoms with van der Waals surface area (Å²) >= 11 is 0. The predicted molar refractivity (Wildman–Crippen MR) is 84.2 cm³/mol. The van der Waals surface area contributed by atoms with Crippen LogP contribution in [-0.4, -0.2) is 15.5 Å². The molecule has 1 N–H and O–H groups in total. The van der Waals surface area contributed by atoms with Gasteiger partial charge in [-0.3, -0.25) is 14.6 Å². The quantitative estimate of drug-likeness (QED) is 0.800. The fourth-order valence-corrected chi connectivity index (χ4v) is 2.37. The van der Waals surface area contributed by atoms with Crippen LogP contribution in [0.4, 0.5) is 4.39 Å². The van der Waals surface area contributed by atoms with Crippen molar-refractivity contribution >= 4 is 16.8 Å². The molecule has 0 saturated heterocycles. The summed E-state index contributed by atoms with van der Waals surface area (Å²) in [7, 11) is 0. The van der Waals surface area contributed by atoms with Gasteiger partial charge in [0, 0.05) is 36.6 Å². The fourth-order valence-electron chi connectivity index (χ4n) is 2.37. The zero-order chi connectivity index (χ0) is 16.2. The van der Waals surface area contributed by atoms with Crippen molar-refractivity contribution in [3.63, 3.8) is 0 Å². The first-order valence-corrected chi connectivity index (χ1v) is 7.08. The van der Waals surface area contributed by atoms with Crippen molar-refractivity contribution in [1.82, 2.24) is 14.9 Å². The van der Waals surface area contributed by atoms with Crippen molar-refractivity contribution in [3.8, 4) is 0 Å². The summed E-state index contributed by atoms with van der Waals surface area (Å²) in [5.41, 5.74) is 0.788. The summed E-state index contributed by atoms with van der Waals surface area (Å²) in [6.45, 7) is 0.296. The van der Waals surface area contributed by atoms with Crippen molar-refractivity contribution in [2.24, 2.45) is 0 Å². The second-order valence-corrected chi connectivity index (χ2v) is 5.08. The summed E-state index contributed by atoms with van der Waals surface area (Å²) in [5, 5.41) is 3.02. The highest BCUT2D eigenvalue weighted by molar-refractivity contribution is 5.82. The Hall–Kier alpha value is -3.02. The van der Waals surface area contributed by atoms with E-state index in [0.29, 0.717) is 6.54 Å². The fraction of sp³-hybridized carbons (Fsp3) is 0.118. The molecule has 0 aliphatic rings. The minimum Gasteiger partial charge on any atom is -0.350 e. The van der Waals surface area contributed by atoms with E-state index in [9.17, 15) is 14.0 Å². The van der Waals surface area contributed by atoms with Gasteiger partial charge in [0.25, 0.3) is 0 Å². The van der Waals surface area contributed by atoms with Crippen LogP contribution in [-0.2, 0) is 17.9 Å². The average molecular weight is 311 g/mol. The van der Waals surface area contributed by atoms with Crippen LogP contribution in [0, 0.1) is 5.82 Å². The van der Waals surface area contributed by atoms with Gasteiger partial charge in [-0.05, 0) is 29.8 Å². The number of hydrogen-bond acceptors (Lipinski definition) is 3. The first-order chi connectivity index (χ1) is 11.1. The number of rotatable bonds is 4. The molecule has 5 nitrogen and oxygen atoms in total. The third-order valence-corrected chi connectivity index (χ3v) is 3.50. The third kappa shape index (κ3) is 3.26. The molecule has 0 bridgehead atoms. The van der Waals surface area contributed by atoms with Gasteiger partial charge in [0.15, 0.2) is 5.43 Å². The maximum Gasteiger partial charge on any atom is 0.240 e. The largest absolute Gasteiger partial charge is 0.350 e. The maximum absolute atomic E-state index is 14.0. The minimum absolute atomic E-state index is 0.0667. The molecule has 0 aliphatic carbocycles. The number of fused-ring (bicyclic) bond motifs is 1. The lowest BCUT2D eigenvalue weighted by atomic mass is 10.2. The summed E-state index contributed by atoms with van der Waals surface area (Å²) < 4.78 is 15.5. The van der Waals surface area contributed by atoms with E-state index in [-0.39, 0.29) is 28.8 Å². The van der Waals surface area contributed by atoms with Crippen LogP contribution in [0.15, 0.2) is 59.8 Å². The average Bonchev–Trinajstić information content (AvgIpc) is 2.57. The Bertz CT molecular complexity index is 907. The molecule has 0 fully saturated rings. The molecule has 0 radical (unpaired) electrons. The van der Waals surface area contributed by atoms with Gasteiger partial charge in [-0.25, -0.2) is 4.39 Å². The molecule has 6 heteroatoms. The Balaban J connectivity index is 1.80. The number of benzene rings is 1. The normalized spacial score (nSPS) is 10.7. The SMILES string of the molecule is O=C(Cn1ccc(=O)c2cccc(F)c21)NCc1ccncc1. The number of nitrogens with zero attached hydrogens (tertiary/aromatic N) is 2. The van der Waals surface area contributed by atoms with Crippen LogP contribution < -0.4 is 10.7 Å². The van der Waals surface area contributed by atoms with E-state index in [1.165, 1.54) is 29.0 Å². The van der Waals surface area contributed by atoms with Gasteiger partial charge in [-0.1, -0.05) is 6.07 Å². The number of aromatic nitrogens is 2. The molecule has 23 heavy (non-hydrogen) atoms. The highest BCUT2D eigenvalue weighted by atomic mass is 19.1. The van der Waals surface area contributed by atoms with Crippen LogP contribution in [0.2, 0.25) is 0 Å². The molecule has 1 amide bonds. The molecular formula is C17H14FN3O2. The van der Waals surface area contributed by atoms with Gasteiger partial charge < -0.3 is 9.88 Å². The zero-order valence-corrected chi connectivity index (χ0v) is 12.2. The van der Waals surface area contributed by atoms with E-state index >= 15 is 0 Å². The number of hydrogen-bond donors (Lipinski definition) is 1. The molecule has 3 rings (SSSR count). The number of carbonyl (C=O) groups is 1. The molecule has 2 aromatic heterocycles. The second-order valence-electron chi connectivity index (χ2n) is 5.08. The zero-order valence-electron chi connectivity index (χ0n) is 12.2. The molecule has 3 aromatic rings. The number of carbonyl (C=O) groups excluding carboxylic acids is 1. The predicted octanol–water partition coefficient (Wildman–Crippen LogP) is 1.85. The standard InChI is InChI=1S/C17H14FN3O2/c18-14-3-1-2-13-15(22)6-9-21(17(13)14)11-16(23)20-10-12-4-7-19-8-5-12/h1-9H,10-11H2,(H,20,23). The topological polar surface area (TPSA) is 64.0 Å². The summed E-state index contributed by atoms with van der Waals surface area (Å²) in [6.07, 6.45) is 4.72. The van der Waals surface area contributed by atoms with Gasteiger partial charge >= 0.3 is 0 Å². The van der Waals surface area contributed by atoms with Crippen molar-refractivity contribution < 1.29 is 9.18 Å². The van der Waals surface area contributed by atoms with Crippen LogP contribution >= 0.6 is 0 Å². The lowest BCUT2D eigenvalue weighted by Crippen LogP contribution is -2.27. The van der Waals surface area contributed by atoms with Crippen molar-refractivity contribution in [2.45, 2.75) is 13.1 Å². The van der Waals surface area contributed by atoms with E-state index in [1.807, 2.05) is 0 Å². The lowest BCUT2D eigenvalue weighted by molar-refractivity contribution is -0.121. The molecule has 116 valence electrons. The lowest BCUT2D eigenvalue weighted by Gasteiger charge is -2.11. The minimum atomic E-state index is -0.526. The number of para-hydroxylation sites is 1. The molecule has 0 aliphatic heterocycles. The van der Waals surface area contributed by atoms with E-state index in [4.69, 9.17) is 0 Å². The van der Waals surface area contributed by atoms with Crippen molar-refractivity contribution in [3.05, 3.63) is 76.6 Å². The monoisotopic (exact) mass is 311 g/mol.